The standard InChI is InChI=1S/C13H19N3O5/c1-9-14-8-12(16(19)20)15(9)6-7-21-11-4-2-10(3-5-11)13(17)18/h8,10-11H,2-7H2,1H3,(H,17,18). The lowest BCUT2D eigenvalue weighted by molar-refractivity contribution is -0.392. The molecule has 0 aromatic carbocycles. The van der Waals surface area contributed by atoms with E-state index < -0.39 is 10.9 Å². The summed E-state index contributed by atoms with van der Waals surface area (Å²) in [5.41, 5.74) is 0. The molecule has 0 radical (unpaired) electrons. The fraction of sp³-hybridized carbons (Fsp3) is 0.692. The smallest absolute Gasteiger partial charge is 0.342 e. The van der Waals surface area contributed by atoms with Crippen molar-refractivity contribution in [2.45, 2.75) is 45.3 Å². The van der Waals surface area contributed by atoms with Crippen molar-refractivity contribution in [1.82, 2.24) is 9.55 Å². The number of aromatic nitrogens is 2. The molecule has 0 spiro atoms. The van der Waals surface area contributed by atoms with Gasteiger partial charge in [0.15, 0.2) is 5.82 Å². The summed E-state index contributed by atoms with van der Waals surface area (Å²) in [6.45, 7) is 2.45. The van der Waals surface area contributed by atoms with Crippen LogP contribution in [0.1, 0.15) is 31.5 Å². The Morgan fingerprint density at radius 3 is 2.76 bits per heavy atom. The Hall–Kier alpha value is -1.96. The number of aryl methyl sites for hydroxylation is 1. The highest BCUT2D eigenvalue weighted by Gasteiger charge is 2.26. The number of nitrogens with zero attached hydrogens (tertiary/aromatic N) is 3. The number of aliphatic carboxylic acids is 1. The Labute approximate surface area is 121 Å². The molecule has 0 atom stereocenters. The highest BCUT2D eigenvalue weighted by molar-refractivity contribution is 5.70. The lowest BCUT2D eigenvalue weighted by atomic mass is 9.87. The summed E-state index contributed by atoms with van der Waals surface area (Å²) >= 11 is 0. The van der Waals surface area contributed by atoms with Gasteiger partial charge in [-0.05, 0) is 30.6 Å². The second-order valence-electron chi connectivity index (χ2n) is 5.26. The number of carboxylic acids is 1. The lowest BCUT2D eigenvalue weighted by Gasteiger charge is -2.25. The Kier molecular flexibility index (Phi) is 4.89. The Bertz CT molecular complexity index is 520. The van der Waals surface area contributed by atoms with Gasteiger partial charge >= 0.3 is 11.8 Å². The minimum atomic E-state index is -0.738. The maximum atomic E-state index is 10.9. The van der Waals surface area contributed by atoms with Gasteiger partial charge in [0.05, 0.1) is 18.6 Å². The van der Waals surface area contributed by atoms with E-state index >= 15 is 0 Å². The second kappa shape index (κ2) is 6.66. The van der Waals surface area contributed by atoms with Crippen LogP contribution in [0.15, 0.2) is 6.20 Å². The zero-order valence-corrected chi connectivity index (χ0v) is 11.9. The topological polar surface area (TPSA) is 107 Å². The molecule has 0 bridgehead atoms. The first-order valence-electron chi connectivity index (χ1n) is 7.00. The third kappa shape index (κ3) is 3.78. The normalized spacial score (nSPS) is 22.1. The number of carbonyl (C=O) groups is 1. The molecule has 116 valence electrons. The van der Waals surface area contributed by atoms with Crippen molar-refractivity contribution < 1.29 is 19.6 Å². The van der Waals surface area contributed by atoms with E-state index in [1.54, 1.807) is 6.92 Å². The van der Waals surface area contributed by atoms with E-state index in [0.29, 0.717) is 31.8 Å². The van der Waals surface area contributed by atoms with Gasteiger partial charge < -0.3 is 20.0 Å². The van der Waals surface area contributed by atoms with E-state index in [4.69, 9.17) is 9.84 Å². The zero-order valence-electron chi connectivity index (χ0n) is 11.9. The summed E-state index contributed by atoms with van der Waals surface area (Å²) in [5.74, 6) is -0.453. The molecule has 0 aliphatic heterocycles. The average Bonchev–Trinajstić information content (AvgIpc) is 2.81. The first kappa shape index (κ1) is 15.4. The van der Waals surface area contributed by atoms with Crippen LogP contribution in [0.4, 0.5) is 5.82 Å². The van der Waals surface area contributed by atoms with Crippen molar-refractivity contribution >= 4 is 11.8 Å². The lowest BCUT2D eigenvalue weighted by Crippen LogP contribution is -2.27. The van der Waals surface area contributed by atoms with Gasteiger partial charge in [-0.2, -0.15) is 0 Å². The Balaban J connectivity index is 1.79. The van der Waals surface area contributed by atoms with Gasteiger partial charge in [0.2, 0.25) is 0 Å². The molecule has 0 amide bonds. The van der Waals surface area contributed by atoms with Crippen LogP contribution in [0.3, 0.4) is 0 Å². The SMILES string of the molecule is Cc1ncc([N+](=O)[O-])n1CCOC1CCC(C(=O)O)CC1. The number of rotatable bonds is 6. The highest BCUT2D eigenvalue weighted by Crippen LogP contribution is 2.26. The van der Waals surface area contributed by atoms with Crippen LogP contribution < -0.4 is 0 Å². The van der Waals surface area contributed by atoms with Crippen molar-refractivity contribution in [2.24, 2.45) is 5.92 Å². The van der Waals surface area contributed by atoms with E-state index in [2.05, 4.69) is 4.98 Å². The van der Waals surface area contributed by atoms with Gasteiger partial charge in [-0.15, -0.1) is 0 Å². The number of carboxylic acid groups (broad SMARTS) is 1. The number of imidazole rings is 1. The van der Waals surface area contributed by atoms with Crippen LogP contribution in [0.25, 0.3) is 0 Å². The molecule has 1 heterocycles. The summed E-state index contributed by atoms with van der Waals surface area (Å²) in [5, 5.41) is 19.8. The summed E-state index contributed by atoms with van der Waals surface area (Å²) in [6.07, 6.45) is 4.00. The van der Waals surface area contributed by atoms with Gasteiger partial charge in [0, 0.05) is 6.92 Å². The number of ether oxygens (including phenoxy) is 1. The van der Waals surface area contributed by atoms with Crippen molar-refractivity contribution in [3.05, 3.63) is 22.1 Å². The minimum absolute atomic E-state index is 0.0364. The van der Waals surface area contributed by atoms with Gasteiger partial charge in [-0.1, -0.05) is 0 Å². The maximum Gasteiger partial charge on any atom is 0.342 e. The summed E-state index contributed by atoms with van der Waals surface area (Å²) in [4.78, 5) is 25.2. The van der Waals surface area contributed by atoms with E-state index in [1.807, 2.05) is 0 Å². The highest BCUT2D eigenvalue weighted by atomic mass is 16.6. The Morgan fingerprint density at radius 1 is 1.52 bits per heavy atom. The summed E-state index contributed by atoms with van der Waals surface area (Å²) in [6, 6.07) is 0. The predicted octanol–water partition coefficient (Wildman–Crippen LogP) is 1.76. The molecule has 2 rings (SSSR count). The van der Waals surface area contributed by atoms with Crippen molar-refractivity contribution in [2.75, 3.05) is 6.61 Å². The minimum Gasteiger partial charge on any atom is -0.481 e. The molecule has 8 heteroatoms. The van der Waals surface area contributed by atoms with Crippen LogP contribution in [-0.4, -0.2) is 38.3 Å². The molecular weight excluding hydrogens is 278 g/mol. The molecule has 1 aliphatic carbocycles. The molecule has 1 N–H and O–H groups in total. The van der Waals surface area contributed by atoms with Gasteiger partial charge in [-0.25, -0.2) is 9.55 Å². The van der Waals surface area contributed by atoms with Crippen LogP contribution in [0.2, 0.25) is 0 Å². The zero-order chi connectivity index (χ0) is 15.4. The molecule has 1 aliphatic rings. The monoisotopic (exact) mass is 297 g/mol. The largest absolute Gasteiger partial charge is 0.481 e. The molecule has 1 aromatic rings. The van der Waals surface area contributed by atoms with E-state index in [0.717, 1.165) is 12.8 Å². The third-order valence-electron chi connectivity index (χ3n) is 3.91. The Morgan fingerprint density at radius 2 is 2.19 bits per heavy atom. The van der Waals surface area contributed by atoms with E-state index in [9.17, 15) is 14.9 Å². The second-order valence-corrected chi connectivity index (χ2v) is 5.26. The molecule has 0 saturated heterocycles. The molecule has 0 unspecified atom stereocenters. The predicted molar refractivity (Wildman–Crippen MR) is 73.0 cm³/mol. The molecule has 1 saturated carbocycles. The molecular formula is C13H19N3O5. The quantitative estimate of drug-likeness (QED) is 0.633. The van der Waals surface area contributed by atoms with Crippen LogP contribution >= 0.6 is 0 Å². The molecule has 8 nitrogen and oxygen atoms in total. The van der Waals surface area contributed by atoms with Crippen molar-refractivity contribution in [3.63, 3.8) is 0 Å². The fourth-order valence-electron chi connectivity index (χ4n) is 2.67. The number of hydrogen-bond donors (Lipinski definition) is 1. The summed E-state index contributed by atoms with van der Waals surface area (Å²) in [7, 11) is 0. The van der Waals surface area contributed by atoms with Crippen LogP contribution in [0, 0.1) is 23.0 Å². The van der Waals surface area contributed by atoms with E-state index in [1.165, 1.54) is 10.8 Å². The van der Waals surface area contributed by atoms with E-state index in [-0.39, 0.29) is 17.8 Å². The molecule has 21 heavy (non-hydrogen) atoms. The van der Waals surface area contributed by atoms with Gasteiger partial charge in [-0.3, -0.25) is 4.79 Å². The average molecular weight is 297 g/mol. The first-order chi connectivity index (χ1) is 9.99. The van der Waals surface area contributed by atoms with Crippen LogP contribution in [0.5, 0.6) is 0 Å². The van der Waals surface area contributed by atoms with Crippen molar-refractivity contribution in [1.29, 1.82) is 0 Å². The van der Waals surface area contributed by atoms with Gasteiger partial charge in [0.25, 0.3) is 0 Å². The first-order valence-corrected chi connectivity index (χ1v) is 7.00. The number of hydrogen-bond acceptors (Lipinski definition) is 5. The fourth-order valence-corrected chi connectivity index (χ4v) is 2.67. The maximum absolute atomic E-state index is 10.9. The third-order valence-corrected chi connectivity index (χ3v) is 3.91. The number of nitro groups is 1. The van der Waals surface area contributed by atoms with Crippen molar-refractivity contribution in [3.8, 4) is 0 Å². The van der Waals surface area contributed by atoms with Gasteiger partial charge in [0.1, 0.15) is 12.7 Å². The molecule has 1 fully saturated rings. The molecule has 1 aromatic heterocycles. The summed E-state index contributed by atoms with van der Waals surface area (Å²) < 4.78 is 7.23. The van der Waals surface area contributed by atoms with Crippen LogP contribution in [-0.2, 0) is 16.1 Å².